The van der Waals surface area contributed by atoms with Gasteiger partial charge in [-0.25, -0.2) is 4.39 Å². The number of aliphatic hydroxyl groups is 3. The molecule has 4 atom stereocenters. The van der Waals surface area contributed by atoms with Crippen molar-refractivity contribution in [1.29, 1.82) is 0 Å². The van der Waals surface area contributed by atoms with Crippen LogP contribution in [0.15, 0.2) is 24.3 Å². The average Bonchev–Trinajstić information content (AvgIpc) is 2.75. The van der Waals surface area contributed by atoms with Gasteiger partial charge in [0.15, 0.2) is 0 Å². The molecule has 0 aromatic heterocycles. The van der Waals surface area contributed by atoms with E-state index in [0.29, 0.717) is 5.56 Å². The van der Waals surface area contributed by atoms with Crippen molar-refractivity contribution in [1.82, 2.24) is 10.6 Å². The van der Waals surface area contributed by atoms with Crippen molar-refractivity contribution in [2.75, 3.05) is 13.2 Å². The third kappa shape index (κ3) is 3.98. The van der Waals surface area contributed by atoms with Gasteiger partial charge in [0.05, 0.1) is 37.3 Å². The summed E-state index contributed by atoms with van der Waals surface area (Å²) in [7, 11) is 0. The van der Waals surface area contributed by atoms with Crippen LogP contribution in [0.3, 0.4) is 0 Å². The van der Waals surface area contributed by atoms with E-state index in [1.54, 1.807) is 0 Å². The van der Waals surface area contributed by atoms with Crippen LogP contribution in [-0.4, -0.2) is 58.7 Å². The van der Waals surface area contributed by atoms with Gasteiger partial charge in [-0.3, -0.25) is 4.79 Å². The summed E-state index contributed by atoms with van der Waals surface area (Å²) < 4.78 is 12.7. The molecule has 2 rings (SSSR count). The molecule has 5 N–H and O–H groups in total. The summed E-state index contributed by atoms with van der Waals surface area (Å²) in [6, 6.07) is 4.51. The van der Waals surface area contributed by atoms with Crippen molar-refractivity contribution >= 4 is 5.91 Å². The number of carbonyl (C=O) groups is 1. The predicted octanol–water partition coefficient (Wildman–Crippen LogP) is -1.46. The van der Waals surface area contributed by atoms with Crippen LogP contribution in [0.5, 0.6) is 0 Å². The molecule has 0 bridgehead atoms. The molecule has 1 heterocycles. The summed E-state index contributed by atoms with van der Waals surface area (Å²) >= 11 is 0. The third-order valence-electron chi connectivity index (χ3n) is 3.60. The minimum atomic E-state index is -1.06. The molecule has 0 spiro atoms. The maximum Gasteiger partial charge on any atom is 0.224 e. The molecule has 1 aromatic carbocycles. The van der Waals surface area contributed by atoms with Gasteiger partial charge in [0.2, 0.25) is 5.91 Å². The second-order valence-corrected chi connectivity index (χ2v) is 5.15. The number of hydrogen-bond acceptors (Lipinski definition) is 5. The van der Waals surface area contributed by atoms with Gasteiger partial charge in [-0.1, -0.05) is 12.1 Å². The van der Waals surface area contributed by atoms with Crippen LogP contribution >= 0.6 is 0 Å². The van der Waals surface area contributed by atoms with Crippen molar-refractivity contribution in [3.63, 3.8) is 0 Å². The number of benzene rings is 1. The zero-order chi connectivity index (χ0) is 15.4. The van der Waals surface area contributed by atoms with E-state index in [9.17, 15) is 19.4 Å². The molecular formula is C14H19FN2O4. The van der Waals surface area contributed by atoms with E-state index in [4.69, 9.17) is 5.11 Å². The molecule has 1 aliphatic rings. The van der Waals surface area contributed by atoms with Gasteiger partial charge in [-0.2, -0.15) is 0 Å². The van der Waals surface area contributed by atoms with E-state index in [1.807, 2.05) is 0 Å². The van der Waals surface area contributed by atoms with Crippen molar-refractivity contribution < 1.29 is 24.5 Å². The fraction of sp³-hybridized carbons (Fsp3) is 0.500. The molecule has 1 amide bonds. The monoisotopic (exact) mass is 298 g/mol. The Balaban J connectivity index is 1.80. The maximum absolute atomic E-state index is 12.7. The summed E-state index contributed by atoms with van der Waals surface area (Å²) in [6.45, 7) is -0.160. The molecule has 0 aliphatic carbocycles. The smallest absolute Gasteiger partial charge is 0.224 e. The average molecular weight is 298 g/mol. The predicted molar refractivity (Wildman–Crippen MR) is 72.9 cm³/mol. The van der Waals surface area contributed by atoms with Crippen LogP contribution in [-0.2, 0) is 11.2 Å². The second-order valence-electron chi connectivity index (χ2n) is 5.15. The SMILES string of the molecule is O=C(Cc1ccc(F)cc1)NC[C@H]1N[C@H](CO)[C@@H](O)[C@@H]1O. The van der Waals surface area contributed by atoms with Gasteiger partial charge in [-0.05, 0) is 17.7 Å². The number of amides is 1. The largest absolute Gasteiger partial charge is 0.395 e. The van der Waals surface area contributed by atoms with E-state index >= 15 is 0 Å². The number of hydrogen-bond donors (Lipinski definition) is 5. The summed E-state index contributed by atoms with van der Waals surface area (Å²) in [4.78, 5) is 11.8. The van der Waals surface area contributed by atoms with Crippen LogP contribution in [0.1, 0.15) is 5.56 Å². The van der Waals surface area contributed by atoms with Crippen LogP contribution in [0, 0.1) is 5.82 Å². The fourth-order valence-electron chi connectivity index (χ4n) is 2.36. The summed E-state index contributed by atoms with van der Waals surface area (Å²) in [5.74, 6) is -0.626. The Morgan fingerprint density at radius 1 is 1.19 bits per heavy atom. The Morgan fingerprint density at radius 3 is 2.38 bits per heavy atom. The first-order chi connectivity index (χ1) is 10.0. The first-order valence-corrected chi connectivity index (χ1v) is 6.75. The van der Waals surface area contributed by atoms with E-state index in [-0.39, 0.29) is 31.3 Å². The number of halogens is 1. The van der Waals surface area contributed by atoms with Gasteiger partial charge in [0.1, 0.15) is 5.82 Å². The number of rotatable bonds is 5. The highest BCUT2D eigenvalue weighted by atomic mass is 19.1. The van der Waals surface area contributed by atoms with E-state index in [0.717, 1.165) is 0 Å². The highest BCUT2D eigenvalue weighted by Crippen LogP contribution is 2.13. The lowest BCUT2D eigenvalue weighted by molar-refractivity contribution is -0.120. The highest BCUT2D eigenvalue weighted by Gasteiger charge is 2.40. The lowest BCUT2D eigenvalue weighted by Gasteiger charge is -2.16. The Kier molecular flexibility index (Phi) is 5.24. The molecule has 0 saturated carbocycles. The van der Waals surface area contributed by atoms with Crippen molar-refractivity contribution in [3.8, 4) is 0 Å². The van der Waals surface area contributed by atoms with Crippen LogP contribution in [0.2, 0.25) is 0 Å². The number of carbonyl (C=O) groups excluding carboxylic acids is 1. The maximum atomic E-state index is 12.7. The molecule has 6 nitrogen and oxygen atoms in total. The number of aliphatic hydroxyl groups excluding tert-OH is 3. The Bertz CT molecular complexity index is 482. The first kappa shape index (κ1) is 15.8. The second kappa shape index (κ2) is 6.95. The Labute approximate surface area is 121 Å². The first-order valence-electron chi connectivity index (χ1n) is 6.75. The minimum Gasteiger partial charge on any atom is -0.395 e. The summed E-state index contributed by atoms with van der Waals surface area (Å²) in [6.07, 6.45) is -2.00. The minimum absolute atomic E-state index is 0.106. The van der Waals surface area contributed by atoms with Crippen molar-refractivity contribution in [2.45, 2.75) is 30.7 Å². The van der Waals surface area contributed by atoms with Crippen molar-refractivity contribution in [3.05, 3.63) is 35.6 Å². The van der Waals surface area contributed by atoms with Crippen LogP contribution in [0.4, 0.5) is 4.39 Å². The lowest BCUT2D eigenvalue weighted by atomic mass is 10.1. The topological polar surface area (TPSA) is 102 Å². The van der Waals surface area contributed by atoms with Crippen LogP contribution in [0.25, 0.3) is 0 Å². The Morgan fingerprint density at radius 2 is 1.81 bits per heavy atom. The molecule has 1 fully saturated rings. The zero-order valence-corrected chi connectivity index (χ0v) is 11.4. The molecule has 0 unspecified atom stereocenters. The van der Waals surface area contributed by atoms with Gasteiger partial charge >= 0.3 is 0 Å². The van der Waals surface area contributed by atoms with E-state index in [2.05, 4.69) is 10.6 Å². The van der Waals surface area contributed by atoms with Gasteiger partial charge < -0.3 is 26.0 Å². The molecule has 7 heteroatoms. The molecule has 1 aliphatic heterocycles. The van der Waals surface area contributed by atoms with Crippen molar-refractivity contribution in [2.24, 2.45) is 0 Å². The highest BCUT2D eigenvalue weighted by molar-refractivity contribution is 5.78. The Hall–Kier alpha value is -1.54. The molecule has 1 aromatic rings. The molecule has 0 radical (unpaired) electrons. The van der Waals surface area contributed by atoms with Gasteiger partial charge in [0.25, 0.3) is 0 Å². The third-order valence-corrected chi connectivity index (χ3v) is 3.60. The molecule has 1 saturated heterocycles. The van der Waals surface area contributed by atoms with E-state index in [1.165, 1.54) is 24.3 Å². The summed E-state index contributed by atoms with van der Waals surface area (Å²) in [5.41, 5.74) is 0.682. The quantitative estimate of drug-likeness (QED) is 0.457. The molecular weight excluding hydrogens is 279 g/mol. The molecule has 21 heavy (non-hydrogen) atoms. The van der Waals surface area contributed by atoms with Crippen LogP contribution < -0.4 is 10.6 Å². The normalized spacial score (nSPS) is 28.6. The van der Waals surface area contributed by atoms with E-state index < -0.39 is 24.3 Å². The zero-order valence-electron chi connectivity index (χ0n) is 11.4. The molecule has 116 valence electrons. The standard InChI is InChI=1S/C14H19FN2O4/c15-9-3-1-8(2-4-9)5-12(19)16-6-10-13(20)14(21)11(7-18)17-10/h1-4,10-11,13-14,17-18,20-21H,5-7H2,(H,16,19)/t10-,11-,13-,14-/m1/s1. The van der Waals surface area contributed by atoms with Gasteiger partial charge in [-0.15, -0.1) is 0 Å². The lowest BCUT2D eigenvalue weighted by Crippen LogP contribution is -2.44. The van der Waals surface area contributed by atoms with Gasteiger partial charge in [0, 0.05) is 6.54 Å². The fourth-order valence-corrected chi connectivity index (χ4v) is 2.36. The summed E-state index contributed by atoms with van der Waals surface area (Å²) in [5, 5.41) is 33.9. The number of nitrogens with one attached hydrogen (secondary N) is 2.